The molecule has 2 rings (SSSR count). The number of hydrogen-bond acceptors (Lipinski definition) is 2. The van der Waals surface area contributed by atoms with Gasteiger partial charge in [-0.15, -0.1) is 0 Å². The summed E-state index contributed by atoms with van der Waals surface area (Å²) in [7, 11) is 0. The molecule has 1 N–H and O–H groups in total. The fourth-order valence-corrected chi connectivity index (χ4v) is 3.50. The van der Waals surface area contributed by atoms with Crippen LogP contribution in [0.5, 0.6) is 0 Å². The first-order chi connectivity index (χ1) is 13.7. The second-order valence-electron chi connectivity index (χ2n) is 7.34. The lowest BCUT2D eigenvalue weighted by molar-refractivity contribution is -0.140. The quantitative estimate of drug-likeness (QED) is 0.576. The molecule has 0 saturated heterocycles. The van der Waals surface area contributed by atoms with Crippen molar-refractivity contribution in [2.75, 3.05) is 6.54 Å². The van der Waals surface area contributed by atoms with Crippen molar-refractivity contribution < 1.29 is 14.0 Å². The molecule has 0 heterocycles. The van der Waals surface area contributed by atoms with Crippen LogP contribution in [0, 0.1) is 11.7 Å². The summed E-state index contributed by atoms with van der Waals surface area (Å²) in [5.74, 6) is -0.867. The highest BCUT2D eigenvalue weighted by Gasteiger charge is 2.27. The number of halogens is 3. The van der Waals surface area contributed by atoms with Gasteiger partial charge in [-0.3, -0.25) is 9.59 Å². The molecule has 156 valence electrons. The van der Waals surface area contributed by atoms with E-state index in [1.54, 1.807) is 13.0 Å². The first-order valence-corrected chi connectivity index (χ1v) is 10.6. The van der Waals surface area contributed by atoms with Crippen molar-refractivity contribution in [3.63, 3.8) is 0 Å². The maximum absolute atomic E-state index is 14.2. The highest BCUT2D eigenvalue weighted by atomic mass is 79.9. The van der Waals surface area contributed by atoms with Crippen LogP contribution in [-0.2, 0) is 22.6 Å². The summed E-state index contributed by atoms with van der Waals surface area (Å²) in [6, 6.07) is 11.1. The van der Waals surface area contributed by atoms with E-state index in [9.17, 15) is 14.0 Å². The summed E-state index contributed by atoms with van der Waals surface area (Å²) >= 11 is 9.51. The highest BCUT2D eigenvalue weighted by Crippen LogP contribution is 2.22. The Labute approximate surface area is 184 Å². The molecule has 0 unspecified atom stereocenters. The van der Waals surface area contributed by atoms with Gasteiger partial charge >= 0.3 is 0 Å². The van der Waals surface area contributed by atoms with Crippen LogP contribution in [0.1, 0.15) is 31.9 Å². The van der Waals surface area contributed by atoms with Crippen LogP contribution < -0.4 is 5.32 Å². The van der Waals surface area contributed by atoms with Crippen LogP contribution in [0.2, 0.25) is 5.02 Å². The monoisotopic (exact) mass is 482 g/mol. The Morgan fingerprint density at radius 1 is 1.17 bits per heavy atom. The Balaban J connectivity index is 2.27. The van der Waals surface area contributed by atoms with Crippen LogP contribution in [0.3, 0.4) is 0 Å². The molecule has 0 aromatic heterocycles. The largest absolute Gasteiger partial charge is 0.354 e. The zero-order valence-corrected chi connectivity index (χ0v) is 19.1. The molecule has 2 amide bonds. The average Bonchev–Trinajstić information content (AvgIpc) is 2.66. The lowest BCUT2D eigenvalue weighted by Gasteiger charge is -2.29. The summed E-state index contributed by atoms with van der Waals surface area (Å²) in [5, 5.41) is 3.05. The molecule has 7 heteroatoms. The molecule has 0 fully saturated rings. The smallest absolute Gasteiger partial charge is 0.242 e. The van der Waals surface area contributed by atoms with Gasteiger partial charge in [-0.25, -0.2) is 4.39 Å². The van der Waals surface area contributed by atoms with Crippen molar-refractivity contribution in [1.82, 2.24) is 10.2 Å². The zero-order chi connectivity index (χ0) is 21.6. The Hall–Kier alpha value is -1.92. The third-order valence-corrected chi connectivity index (χ3v) is 5.33. The SMILES string of the molecule is CC(C)CNC(=O)[C@H](C)N(Cc1cccc(Br)c1)C(=O)Cc1c(F)cccc1Cl. The number of hydrogen-bond donors (Lipinski definition) is 1. The summed E-state index contributed by atoms with van der Waals surface area (Å²) in [6.45, 7) is 6.40. The van der Waals surface area contributed by atoms with E-state index in [0.717, 1.165) is 10.0 Å². The fraction of sp³-hybridized carbons (Fsp3) is 0.364. The fourth-order valence-electron chi connectivity index (χ4n) is 2.82. The number of nitrogens with one attached hydrogen (secondary N) is 1. The van der Waals surface area contributed by atoms with Crippen molar-refractivity contribution in [2.24, 2.45) is 5.92 Å². The number of carbonyl (C=O) groups excluding carboxylic acids is 2. The van der Waals surface area contributed by atoms with E-state index in [4.69, 9.17) is 11.6 Å². The first-order valence-electron chi connectivity index (χ1n) is 9.43. The van der Waals surface area contributed by atoms with Crippen molar-refractivity contribution in [3.05, 3.63) is 68.9 Å². The minimum atomic E-state index is -0.717. The summed E-state index contributed by atoms with van der Waals surface area (Å²) < 4.78 is 15.1. The van der Waals surface area contributed by atoms with E-state index in [-0.39, 0.29) is 41.3 Å². The summed E-state index contributed by atoms with van der Waals surface area (Å²) in [4.78, 5) is 27.2. The van der Waals surface area contributed by atoms with Crippen LogP contribution in [0.4, 0.5) is 4.39 Å². The van der Waals surface area contributed by atoms with Gasteiger partial charge in [-0.1, -0.05) is 59.6 Å². The molecule has 2 aromatic rings. The van der Waals surface area contributed by atoms with Gasteiger partial charge in [-0.05, 0) is 42.7 Å². The second kappa shape index (κ2) is 10.7. The molecule has 0 saturated carbocycles. The minimum Gasteiger partial charge on any atom is -0.354 e. The maximum Gasteiger partial charge on any atom is 0.242 e. The Kier molecular flexibility index (Phi) is 8.65. The van der Waals surface area contributed by atoms with Crippen LogP contribution >= 0.6 is 27.5 Å². The number of amides is 2. The van der Waals surface area contributed by atoms with Crippen LogP contribution in [0.15, 0.2) is 46.9 Å². The molecule has 0 aliphatic rings. The van der Waals surface area contributed by atoms with Crippen molar-refractivity contribution in [3.8, 4) is 0 Å². The van der Waals surface area contributed by atoms with E-state index in [0.29, 0.717) is 6.54 Å². The normalized spacial score (nSPS) is 12.0. The Bertz CT molecular complexity index is 855. The van der Waals surface area contributed by atoms with Crippen LogP contribution in [0.25, 0.3) is 0 Å². The molecule has 0 radical (unpaired) electrons. The van der Waals surface area contributed by atoms with E-state index >= 15 is 0 Å². The lowest BCUT2D eigenvalue weighted by Crippen LogP contribution is -2.48. The maximum atomic E-state index is 14.2. The van der Waals surface area contributed by atoms with E-state index < -0.39 is 11.9 Å². The van der Waals surface area contributed by atoms with Gasteiger partial charge in [0.25, 0.3) is 0 Å². The zero-order valence-electron chi connectivity index (χ0n) is 16.7. The molecule has 1 atom stereocenters. The van der Waals surface area contributed by atoms with Gasteiger partial charge in [0, 0.05) is 28.1 Å². The highest BCUT2D eigenvalue weighted by molar-refractivity contribution is 9.10. The molecule has 29 heavy (non-hydrogen) atoms. The predicted octanol–water partition coefficient (Wildman–Crippen LogP) is 4.97. The standard InChI is InChI=1S/C22H25BrClFN2O2/c1-14(2)12-26-22(29)15(3)27(13-16-6-4-7-17(23)10-16)21(28)11-18-19(24)8-5-9-20(18)25/h4-10,14-15H,11-13H2,1-3H3,(H,26,29)/t15-/m0/s1. The minimum absolute atomic E-state index is 0.133. The molecule has 2 aromatic carbocycles. The molecule has 0 aliphatic heterocycles. The van der Waals surface area contributed by atoms with Crippen molar-refractivity contribution >= 4 is 39.3 Å². The van der Waals surface area contributed by atoms with Crippen molar-refractivity contribution in [1.29, 1.82) is 0 Å². The molecular weight excluding hydrogens is 459 g/mol. The number of nitrogens with zero attached hydrogens (tertiary/aromatic N) is 1. The van der Waals surface area contributed by atoms with E-state index in [1.165, 1.54) is 17.0 Å². The molecule has 0 aliphatic carbocycles. The van der Waals surface area contributed by atoms with Crippen molar-refractivity contribution in [2.45, 2.75) is 39.8 Å². The van der Waals surface area contributed by atoms with Crippen LogP contribution in [-0.4, -0.2) is 29.3 Å². The number of benzene rings is 2. The predicted molar refractivity (Wildman–Crippen MR) is 117 cm³/mol. The van der Waals surface area contributed by atoms with E-state index in [2.05, 4.69) is 21.2 Å². The third-order valence-electron chi connectivity index (χ3n) is 4.48. The Morgan fingerprint density at radius 2 is 1.86 bits per heavy atom. The van der Waals surface area contributed by atoms with Gasteiger partial charge in [-0.2, -0.15) is 0 Å². The summed E-state index contributed by atoms with van der Waals surface area (Å²) in [5.41, 5.74) is 0.990. The molecule has 0 bridgehead atoms. The molecular formula is C22H25BrClFN2O2. The third kappa shape index (κ3) is 6.82. The number of rotatable bonds is 8. The van der Waals surface area contributed by atoms with Gasteiger partial charge < -0.3 is 10.2 Å². The van der Waals surface area contributed by atoms with Gasteiger partial charge in [0.05, 0.1) is 6.42 Å². The lowest BCUT2D eigenvalue weighted by atomic mass is 10.1. The van der Waals surface area contributed by atoms with Gasteiger partial charge in [0.2, 0.25) is 11.8 Å². The number of carbonyl (C=O) groups is 2. The van der Waals surface area contributed by atoms with Gasteiger partial charge in [0.1, 0.15) is 11.9 Å². The summed E-state index contributed by atoms with van der Waals surface area (Å²) in [6.07, 6.45) is -0.221. The van der Waals surface area contributed by atoms with E-state index in [1.807, 2.05) is 38.1 Å². The van der Waals surface area contributed by atoms with Gasteiger partial charge in [0.15, 0.2) is 0 Å². The molecule has 4 nitrogen and oxygen atoms in total. The molecule has 0 spiro atoms. The second-order valence-corrected chi connectivity index (χ2v) is 8.67. The Morgan fingerprint density at radius 3 is 2.48 bits per heavy atom. The topological polar surface area (TPSA) is 49.4 Å². The average molecular weight is 484 g/mol. The first kappa shape index (κ1) is 23.4.